The van der Waals surface area contributed by atoms with Crippen LogP contribution in [0.2, 0.25) is 0 Å². The maximum absolute atomic E-state index is 10.4. The number of hydrogen-bond acceptors (Lipinski definition) is 4. The highest BCUT2D eigenvalue weighted by molar-refractivity contribution is 5.66. The number of aromatic hydroxyl groups is 1. The molecule has 0 amide bonds. The van der Waals surface area contributed by atoms with Crippen molar-refractivity contribution in [3.8, 4) is 11.5 Å². The molecule has 16 heavy (non-hydrogen) atoms. The van der Waals surface area contributed by atoms with Crippen molar-refractivity contribution in [2.45, 2.75) is 18.9 Å². The fourth-order valence-corrected chi connectivity index (χ4v) is 1.37. The van der Waals surface area contributed by atoms with Crippen LogP contribution < -0.4 is 10.5 Å². The number of carbonyl (C=O) groups is 1. The normalized spacial score (nSPS) is 12.1. The van der Waals surface area contributed by atoms with Crippen LogP contribution >= 0.6 is 0 Å². The summed E-state index contributed by atoms with van der Waals surface area (Å²) in [5, 5.41) is 17.9. The molecule has 88 valence electrons. The van der Waals surface area contributed by atoms with Gasteiger partial charge >= 0.3 is 5.97 Å². The fraction of sp³-hybridized carbons (Fsp3) is 0.364. The van der Waals surface area contributed by atoms with Crippen molar-refractivity contribution in [2.75, 3.05) is 7.11 Å². The van der Waals surface area contributed by atoms with E-state index in [4.69, 9.17) is 15.6 Å². The van der Waals surface area contributed by atoms with Gasteiger partial charge in [0.05, 0.1) is 7.11 Å². The minimum absolute atomic E-state index is 0.0182. The van der Waals surface area contributed by atoms with Crippen LogP contribution in [0.5, 0.6) is 11.5 Å². The second-order valence-corrected chi connectivity index (χ2v) is 3.47. The van der Waals surface area contributed by atoms with Gasteiger partial charge in [-0.1, -0.05) is 6.07 Å². The van der Waals surface area contributed by atoms with Crippen LogP contribution in [0.4, 0.5) is 0 Å². The Kier molecular flexibility index (Phi) is 4.13. The Morgan fingerprint density at radius 2 is 2.25 bits per heavy atom. The summed E-state index contributed by atoms with van der Waals surface area (Å²) in [6, 6.07) is 4.38. The highest BCUT2D eigenvalue weighted by Gasteiger charge is 2.11. The minimum atomic E-state index is -0.874. The summed E-state index contributed by atoms with van der Waals surface area (Å²) in [7, 11) is 1.45. The molecule has 1 atom stereocenters. The van der Waals surface area contributed by atoms with Crippen molar-refractivity contribution in [1.82, 2.24) is 0 Å². The number of rotatable bonds is 5. The Bertz CT molecular complexity index is 378. The van der Waals surface area contributed by atoms with Gasteiger partial charge in [0.2, 0.25) is 0 Å². The molecule has 1 aromatic carbocycles. The largest absolute Gasteiger partial charge is 0.504 e. The molecule has 5 nitrogen and oxygen atoms in total. The number of ether oxygens (including phenoxy) is 1. The molecule has 0 aliphatic heterocycles. The van der Waals surface area contributed by atoms with E-state index in [1.165, 1.54) is 13.2 Å². The Hall–Kier alpha value is -1.75. The van der Waals surface area contributed by atoms with Crippen molar-refractivity contribution < 1.29 is 19.7 Å². The first-order chi connectivity index (χ1) is 7.54. The molecular weight excluding hydrogens is 210 g/mol. The molecular formula is C11H15NO4. The number of phenols is 1. The Labute approximate surface area is 93.5 Å². The molecule has 1 aromatic rings. The summed E-state index contributed by atoms with van der Waals surface area (Å²) in [5.41, 5.74) is 6.56. The van der Waals surface area contributed by atoms with Crippen molar-refractivity contribution in [2.24, 2.45) is 5.73 Å². The first kappa shape index (κ1) is 12.3. The predicted molar refractivity (Wildman–Crippen MR) is 58.5 cm³/mol. The van der Waals surface area contributed by atoms with Crippen molar-refractivity contribution >= 4 is 5.97 Å². The third kappa shape index (κ3) is 3.13. The highest BCUT2D eigenvalue weighted by atomic mass is 16.5. The lowest BCUT2D eigenvalue weighted by Gasteiger charge is -2.12. The number of carboxylic acid groups (broad SMARTS) is 1. The summed E-state index contributed by atoms with van der Waals surface area (Å²) < 4.78 is 4.94. The van der Waals surface area contributed by atoms with E-state index >= 15 is 0 Å². The van der Waals surface area contributed by atoms with Gasteiger partial charge in [-0.2, -0.15) is 0 Å². The maximum atomic E-state index is 10.4. The Morgan fingerprint density at radius 3 is 2.81 bits per heavy atom. The summed E-state index contributed by atoms with van der Waals surface area (Å²) in [6.07, 6.45) is 0.369. The highest BCUT2D eigenvalue weighted by Crippen LogP contribution is 2.29. The molecule has 0 aliphatic carbocycles. The smallest absolute Gasteiger partial charge is 0.303 e. The Balaban J connectivity index is 2.75. The first-order valence-corrected chi connectivity index (χ1v) is 4.89. The zero-order valence-corrected chi connectivity index (χ0v) is 9.01. The number of aliphatic carboxylic acids is 1. The first-order valence-electron chi connectivity index (χ1n) is 4.89. The molecule has 1 unspecified atom stereocenters. The second kappa shape index (κ2) is 5.37. The zero-order chi connectivity index (χ0) is 12.1. The van der Waals surface area contributed by atoms with Crippen LogP contribution in [0.3, 0.4) is 0 Å². The van der Waals surface area contributed by atoms with E-state index in [1.54, 1.807) is 12.1 Å². The number of methoxy groups -OCH3 is 1. The van der Waals surface area contributed by atoms with Gasteiger partial charge in [0.25, 0.3) is 0 Å². The molecule has 0 radical (unpaired) electrons. The predicted octanol–water partition coefficient (Wildman–Crippen LogP) is 1.27. The monoisotopic (exact) mass is 225 g/mol. The van der Waals surface area contributed by atoms with Gasteiger partial charge in [0.15, 0.2) is 11.5 Å². The van der Waals surface area contributed by atoms with Gasteiger partial charge < -0.3 is 20.7 Å². The number of nitrogens with two attached hydrogens (primary N) is 1. The summed E-state index contributed by atoms with van der Waals surface area (Å²) in [6.45, 7) is 0. The molecule has 1 rings (SSSR count). The molecule has 0 bridgehead atoms. The lowest BCUT2D eigenvalue weighted by Crippen LogP contribution is -2.12. The van der Waals surface area contributed by atoms with Crippen LogP contribution in [0, 0.1) is 0 Å². The summed E-state index contributed by atoms with van der Waals surface area (Å²) >= 11 is 0. The van der Waals surface area contributed by atoms with Crippen molar-refractivity contribution in [1.29, 1.82) is 0 Å². The van der Waals surface area contributed by atoms with Crippen LogP contribution in [-0.2, 0) is 4.79 Å². The number of carboxylic acids is 1. The van der Waals surface area contributed by atoms with Crippen molar-refractivity contribution in [3.63, 3.8) is 0 Å². The number of benzene rings is 1. The quantitative estimate of drug-likeness (QED) is 0.701. The molecule has 0 saturated carbocycles. The molecule has 0 heterocycles. The molecule has 0 fully saturated rings. The number of hydrogen-bond donors (Lipinski definition) is 3. The molecule has 0 aromatic heterocycles. The van der Waals surface area contributed by atoms with Crippen LogP contribution in [0.15, 0.2) is 18.2 Å². The van der Waals surface area contributed by atoms with Gasteiger partial charge in [-0.25, -0.2) is 0 Å². The second-order valence-electron chi connectivity index (χ2n) is 3.47. The van der Waals surface area contributed by atoms with Gasteiger partial charge in [0.1, 0.15) is 0 Å². The van der Waals surface area contributed by atoms with Crippen LogP contribution in [-0.4, -0.2) is 23.3 Å². The topological polar surface area (TPSA) is 92.8 Å². The standard InChI is InChI=1S/C11H15NO4/c1-16-10-6-7(2-4-9(10)13)8(12)3-5-11(14)15/h2,4,6,8,13H,3,5,12H2,1H3,(H,14,15). The number of phenolic OH excluding ortho intramolecular Hbond substituents is 1. The molecule has 4 N–H and O–H groups in total. The van der Waals surface area contributed by atoms with Crippen LogP contribution in [0.25, 0.3) is 0 Å². The zero-order valence-electron chi connectivity index (χ0n) is 9.01. The lowest BCUT2D eigenvalue weighted by atomic mass is 10.0. The average molecular weight is 225 g/mol. The van der Waals surface area contributed by atoms with E-state index < -0.39 is 5.97 Å². The van der Waals surface area contributed by atoms with Gasteiger partial charge in [0, 0.05) is 12.5 Å². The van der Waals surface area contributed by atoms with Gasteiger partial charge in [-0.05, 0) is 24.1 Å². The van der Waals surface area contributed by atoms with Crippen molar-refractivity contribution in [3.05, 3.63) is 23.8 Å². The van der Waals surface area contributed by atoms with E-state index in [0.29, 0.717) is 12.2 Å². The van der Waals surface area contributed by atoms with Gasteiger partial charge in [-0.3, -0.25) is 4.79 Å². The van der Waals surface area contributed by atoms with E-state index in [-0.39, 0.29) is 18.2 Å². The SMILES string of the molecule is COc1cc(C(N)CCC(=O)O)ccc1O. The Morgan fingerprint density at radius 1 is 1.56 bits per heavy atom. The molecule has 0 spiro atoms. The lowest BCUT2D eigenvalue weighted by molar-refractivity contribution is -0.137. The van der Waals surface area contributed by atoms with E-state index in [0.717, 1.165) is 5.56 Å². The fourth-order valence-electron chi connectivity index (χ4n) is 1.37. The maximum Gasteiger partial charge on any atom is 0.303 e. The minimum Gasteiger partial charge on any atom is -0.504 e. The molecule has 5 heteroatoms. The molecule has 0 aliphatic rings. The van der Waals surface area contributed by atoms with E-state index in [9.17, 15) is 9.90 Å². The average Bonchev–Trinajstić information content (AvgIpc) is 2.26. The van der Waals surface area contributed by atoms with E-state index in [2.05, 4.69) is 0 Å². The van der Waals surface area contributed by atoms with Gasteiger partial charge in [-0.15, -0.1) is 0 Å². The summed E-state index contributed by atoms with van der Waals surface area (Å²) in [4.78, 5) is 10.4. The third-order valence-corrected chi connectivity index (χ3v) is 2.30. The summed E-state index contributed by atoms with van der Waals surface area (Å²) in [5.74, 6) is -0.499. The third-order valence-electron chi connectivity index (χ3n) is 2.30. The van der Waals surface area contributed by atoms with E-state index in [1.807, 2.05) is 0 Å². The molecule has 0 saturated heterocycles. The van der Waals surface area contributed by atoms with Crippen LogP contribution in [0.1, 0.15) is 24.4 Å².